The highest BCUT2D eigenvalue weighted by Crippen LogP contribution is 2.34. The topological polar surface area (TPSA) is 44.5 Å². The van der Waals surface area contributed by atoms with Crippen LogP contribution in [0, 0.1) is 0 Å². The molecule has 0 spiro atoms. The van der Waals surface area contributed by atoms with Crippen molar-refractivity contribution in [2.24, 2.45) is 5.73 Å². The van der Waals surface area contributed by atoms with E-state index in [1.807, 2.05) is 42.5 Å². The second-order valence-electron chi connectivity index (χ2n) is 4.50. The smallest absolute Gasteiger partial charge is 0.127 e. The number of halogens is 1. The standard InChI is InChI=1S/C15H14ClNO2/c16-13-4-2-1-3-10(13)8-18-11-5-6-12-14(17)9-19-15(12)7-11/h1-7,14H,8-9,17H2. The van der Waals surface area contributed by atoms with Crippen LogP contribution < -0.4 is 15.2 Å². The third-order valence-corrected chi connectivity index (χ3v) is 3.52. The average molecular weight is 276 g/mol. The van der Waals surface area contributed by atoms with E-state index in [0.29, 0.717) is 18.2 Å². The van der Waals surface area contributed by atoms with Crippen LogP contribution in [0.5, 0.6) is 11.5 Å². The Kier molecular flexibility index (Phi) is 3.32. The predicted octanol–water partition coefficient (Wildman–Crippen LogP) is 3.31. The molecule has 1 aliphatic rings. The maximum absolute atomic E-state index is 6.08. The number of hydrogen-bond donors (Lipinski definition) is 1. The van der Waals surface area contributed by atoms with Gasteiger partial charge in [-0.05, 0) is 18.2 Å². The maximum atomic E-state index is 6.08. The molecule has 3 rings (SSSR count). The van der Waals surface area contributed by atoms with Gasteiger partial charge in [-0.1, -0.05) is 29.8 Å². The number of hydrogen-bond acceptors (Lipinski definition) is 3. The Labute approximate surface area is 116 Å². The number of benzene rings is 2. The zero-order valence-corrected chi connectivity index (χ0v) is 11.1. The average Bonchev–Trinajstić information content (AvgIpc) is 2.79. The van der Waals surface area contributed by atoms with E-state index in [2.05, 4.69) is 0 Å². The molecule has 3 nitrogen and oxygen atoms in total. The zero-order valence-electron chi connectivity index (χ0n) is 10.3. The summed E-state index contributed by atoms with van der Waals surface area (Å²) in [6.07, 6.45) is 0. The molecule has 19 heavy (non-hydrogen) atoms. The molecule has 2 aromatic carbocycles. The van der Waals surface area contributed by atoms with Crippen LogP contribution in [-0.4, -0.2) is 6.61 Å². The monoisotopic (exact) mass is 275 g/mol. The molecular weight excluding hydrogens is 262 g/mol. The summed E-state index contributed by atoms with van der Waals surface area (Å²) >= 11 is 6.08. The fourth-order valence-corrected chi connectivity index (χ4v) is 2.27. The van der Waals surface area contributed by atoms with E-state index in [4.69, 9.17) is 26.8 Å². The summed E-state index contributed by atoms with van der Waals surface area (Å²) in [7, 11) is 0. The fourth-order valence-electron chi connectivity index (χ4n) is 2.08. The number of rotatable bonds is 3. The summed E-state index contributed by atoms with van der Waals surface area (Å²) in [5, 5.41) is 0.710. The van der Waals surface area contributed by atoms with Crippen molar-refractivity contribution in [1.82, 2.24) is 0 Å². The molecular formula is C15H14ClNO2. The summed E-state index contributed by atoms with van der Waals surface area (Å²) in [4.78, 5) is 0. The van der Waals surface area contributed by atoms with E-state index in [0.717, 1.165) is 22.6 Å². The zero-order chi connectivity index (χ0) is 13.2. The molecule has 1 aliphatic heterocycles. The maximum Gasteiger partial charge on any atom is 0.127 e. The molecule has 98 valence electrons. The summed E-state index contributed by atoms with van der Waals surface area (Å²) in [5.41, 5.74) is 7.89. The van der Waals surface area contributed by atoms with Gasteiger partial charge >= 0.3 is 0 Å². The summed E-state index contributed by atoms with van der Waals surface area (Å²) in [5.74, 6) is 1.57. The highest BCUT2D eigenvalue weighted by atomic mass is 35.5. The van der Waals surface area contributed by atoms with Crippen molar-refractivity contribution < 1.29 is 9.47 Å². The Hall–Kier alpha value is -1.71. The fraction of sp³-hybridized carbons (Fsp3) is 0.200. The molecule has 0 aromatic heterocycles. The Morgan fingerprint density at radius 3 is 2.95 bits per heavy atom. The molecule has 1 unspecified atom stereocenters. The van der Waals surface area contributed by atoms with Gasteiger partial charge in [-0.25, -0.2) is 0 Å². The minimum Gasteiger partial charge on any atom is -0.491 e. The second kappa shape index (κ2) is 5.11. The second-order valence-corrected chi connectivity index (χ2v) is 4.90. The van der Waals surface area contributed by atoms with Crippen LogP contribution in [0.3, 0.4) is 0 Å². The van der Waals surface area contributed by atoms with E-state index in [1.54, 1.807) is 0 Å². The molecule has 1 atom stereocenters. The predicted molar refractivity (Wildman–Crippen MR) is 74.6 cm³/mol. The van der Waals surface area contributed by atoms with Gasteiger partial charge in [0.25, 0.3) is 0 Å². The summed E-state index contributed by atoms with van der Waals surface area (Å²) < 4.78 is 11.2. The first-order valence-corrected chi connectivity index (χ1v) is 6.50. The summed E-state index contributed by atoms with van der Waals surface area (Å²) in [6, 6.07) is 13.3. The van der Waals surface area contributed by atoms with E-state index in [1.165, 1.54) is 0 Å². The minimum absolute atomic E-state index is 0.0346. The van der Waals surface area contributed by atoms with Gasteiger partial charge in [0.15, 0.2) is 0 Å². The van der Waals surface area contributed by atoms with Gasteiger partial charge in [-0.2, -0.15) is 0 Å². The normalized spacial score (nSPS) is 16.8. The van der Waals surface area contributed by atoms with Crippen molar-refractivity contribution >= 4 is 11.6 Å². The molecule has 0 amide bonds. The van der Waals surface area contributed by atoms with Crippen LogP contribution in [0.2, 0.25) is 5.02 Å². The van der Waals surface area contributed by atoms with Gasteiger partial charge in [0.1, 0.15) is 24.7 Å². The third kappa shape index (κ3) is 2.53. The van der Waals surface area contributed by atoms with Crippen molar-refractivity contribution in [3.63, 3.8) is 0 Å². The minimum atomic E-state index is -0.0346. The van der Waals surface area contributed by atoms with Gasteiger partial charge in [0.2, 0.25) is 0 Å². The quantitative estimate of drug-likeness (QED) is 0.935. The van der Waals surface area contributed by atoms with Gasteiger partial charge in [-0.15, -0.1) is 0 Å². The van der Waals surface area contributed by atoms with Gasteiger partial charge in [0, 0.05) is 22.2 Å². The van der Waals surface area contributed by atoms with Crippen molar-refractivity contribution in [3.8, 4) is 11.5 Å². The number of fused-ring (bicyclic) bond motifs is 1. The third-order valence-electron chi connectivity index (χ3n) is 3.16. The van der Waals surface area contributed by atoms with Crippen LogP contribution in [0.25, 0.3) is 0 Å². The van der Waals surface area contributed by atoms with Crippen LogP contribution >= 0.6 is 11.6 Å². The van der Waals surface area contributed by atoms with Crippen molar-refractivity contribution in [2.75, 3.05) is 6.61 Å². The first kappa shape index (κ1) is 12.3. The number of ether oxygens (including phenoxy) is 2. The van der Waals surface area contributed by atoms with E-state index in [-0.39, 0.29) is 6.04 Å². The molecule has 2 N–H and O–H groups in total. The highest BCUT2D eigenvalue weighted by Gasteiger charge is 2.20. The first-order chi connectivity index (χ1) is 9.24. The lowest BCUT2D eigenvalue weighted by molar-refractivity contribution is 0.301. The van der Waals surface area contributed by atoms with Gasteiger partial charge in [0.05, 0.1) is 6.04 Å². The first-order valence-electron chi connectivity index (χ1n) is 6.12. The van der Waals surface area contributed by atoms with E-state index >= 15 is 0 Å². The Morgan fingerprint density at radius 1 is 1.26 bits per heavy atom. The molecule has 1 heterocycles. The molecule has 2 aromatic rings. The van der Waals surface area contributed by atoms with Crippen molar-refractivity contribution in [2.45, 2.75) is 12.6 Å². The molecule has 0 bridgehead atoms. The SMILES string of the molecule is NC1COc2cc(OCc3ccccc3Cl)ccc21. The van der Waals surface area contributed by atoms with E-state index < -0.39 is 0 Å². The lowest BCUT2D eigenvalue weighted by atomic mass is 10.1. The highest BCUT2D eigenvalue weighted by molar-refractivity contribution is 6.31. The van der Waals surface area contributed by atoms with Gasteiger partial charge in [-0.3, -0.25) is 0 Å². The van der Waals surface area contributed by atoms with E-state index in [9.17, 15) is 0 Å². The van der Waals surface area contributed by atoms with Gasteiger partial charge < -0.3 is 15.2 Å². The Bertz CT molecular complexity index is 600. The van der Waals surface area contributed by atoms with Crippen LogP contribution in [0.15, 0.2) is 42.5 Å². The molecule has 0 fully saturated rings. The molecule has 0 aliphatic carbocycles. The lowest BCUT2D eigenvalue weighted by Crippen LogP contribution is -2.10. The molecule has 4 heteroatoms. The van der Waals surface area contributed by atoms with Crippen molar-refractivity contribution in [3.05, 3.63) is 58.6 Å². The largest absolute Gasteiger partial charge is 0.491 e. The summed E-state index contributed by atoms with van der Waals surface area (Å²) in [6.45, 7) is 0.966. The lowest BCUT2D eigenvalue weighted by Gasteiger charge is -2.09. The Morgan fingerprint density at radius 2 is 2.11 bits per heavy atom. The molecule has 0 saturated carbocycles. The van der Waals surface area contributed by atoms with Crippen LogP contribution in [-0.2, 0) is 6.61 Å². The Balaban J connectivity index is 1.73. The molecule has 0 saturated heterocycles. The van der Waals surface area contributed by atoms with Crippen LogP contribution in [0.4, 0.5) is 0 Å². The van der Waals surface area contributed by atoms with Crippen molar-refractivity contribution in [1.29, 1.82) is 0 Å². The number of nitrogens with two attached hydrogens (primary N) is 1. The molecule has 0 radical (unpaired) electrons. The van der Waals surface area contributed by atoms with Crippen LogP contribution in [0.1, 0.15) is 17.2 Å².